The van der Waals surface area contributed by atoms with Crippen LogP contribution in [0.4, 0.5) is 10.2 Å². The van der Waals surface area contributed by atoms with Gasteiger partial charge in [0.25, 0.3) is 0 Å². The average molecular weight is 290 g/mol. The van der Waals surface area contributed by atoms with Crippen LogP contribution in [0, 0.1) is 0 Å². The number of carbonyl (C=O) groups is 1. The third kappa shape index (κ3) is 2.95. The van der Waals surface area contributed by atoms with E-state index < -0.39 is 12.1 Å². The van der Waals surface area contributed by atoms with Gasteiger partial charge in [-0.05, 0) is 30.0 Å². The van der Waals surface area contributed by atoms with Gasteiger partial charge in [-0.3, -0.25) is 0 Å². The zero-order valence-electron chi connectivity index (χ0n) is 11.3. The number of rotatable bonds is 3. The summed E-state index contributed by atoms with van der Waals surface area (Å²) in [6, 6.07) is 6.24. The van der Waals surface area contributed by atoms with Gasteiger partial charge in [0, 0.05) is 18.2 Å². The number of hydrogen-bond donors (Lipinski definition) is 2. The minimum absolute atomic E-state index is 0.0917. The number of carboxylic acid groups (broad SMARTS) is 1. The topological polar surface area (TPSA) is 71.5 Å². The molecule has 0 saturated carbocycles. The van der Waals surface area contributed by atoms with E-state index in [-0.39, 0.29) is 18.2 Å². The number of nitrogens with one attached hydrogen (secondary N) is 1. The van der Waals surface area contributed by atoms with Crippen molar-refractivity contribution in [2.45, 2.75) is 18.6 Å². The standard InChI is InChI=1S/C15H15FN2O3/c16-12-8-21-4-3-13(12)18-14-6-11-5-9(15(19)20)1-2-10(11)7-17-14/h1-2,5-7,12-13H,3-4,8H2,(H,17,18)(H,19,20)/t12-,13+/m1/s1. The molecule has 0 amide bonds. The van der Waals surface area contributed by atoms with E-state index in [0.29, 0.717) is 18.8 Å². The quantitative estimate of drug-likeness (QED) is 0.908. The van der Waals surface area contributed by atoms with E-state index >= 15 is 0 Å². The molecule has 1 aliphatic heterocycles. The molecule has 2 aromatic rings. The molecule has 0 unspecified atom stereocenters. The number of ether oxygens (including phenoxy) is 1. The Morgan fingerprint density at radius 3 is 3.00 bits per heavy atom. The van der Waals surface area contributed by atoms with Gasteiger partial charge >= 0.3 is 5.97 Å². The van der Waals surface area contributed by atoms with E-state index in [0.717, 1.165) is 10.8 Å². The summed E-state index contributed by atoms with van der Waals surface area (Å²) in [4.78, 5) is 15.2. The summed E-state index contributed by atoms with van der Waals surface area (Å²) in [6.07, 6.45) is 1.16. The Balaban J connectivity index is 1.87. The molecule has 2 heterocycles. The van der Waals surface area contributed by atoms with Gasteiger partial charge in [0.05, 0.1) is 18.2 Å². The second kappa shape index (κ2) is 5.65. The second-order valence-corrected chi connectivity index (χ2v) is 5.07. The average Bonchev–Trinajstić information content (AvgIpc) is 2.49. The minimum atomic E-state index is -1.07. The third-order valence-electron chi connectivity index (χ3n) is 3.59. The first kappa shape index (κ1) is 13.8. The fraction of sp³-hybridized carbons (Fsp3) is 0.333. The molecule has 0 aliphatic carbocycles. The lowest BCUT2D eigenvalue weighted by Crippen LogP contribution is -2.39. The number of benzene rings is 1. The molecule has 1 aromatic carbocycles. The fourth-order valence-corrected chi connectivity index (χ4v) is 2.41. The molecule has 110 valence electrons. The minimum Gasteiger partial charge on any atom is -0.478 e. The van der Waals surface area contributed by atoms with Crippen LogP contribution in [0.2, 0.25) is 0 Å². The van der Waals surface area contributed by atoms with E-state index in [1.807, 2.05) is 0 Å². The highest BCUT2D eigenvalue weighted by atomic mass is 19.1. The molecule has 0 spiro atoms. The number of alkyl halides is 1. The number of aromatic nitrogens is 1. The lowest BCUT2D eigenvalue weighted by molar-refractivity contribution is 0.0285. The molecule has 3 rings (SSSR count). The molecule has 1 saturated heterocycles. The second-order valence-electron chi connectivity index (χ2n) is 5.07. The molecule has 5 nitrogen and oxygen atoms in total. The number of hydrogen-bond acceptors (Lipinski definition) is 4. The Kier molecular flexibility index (Phi) is 3.70. The van der Waals surface area contributed by atoms with Crippen molar-refractivity contribution in [3.05, 3.63) is 36.0 Å². The highest BCUT2D eigenvalue weighted by molar-refractivity contribution is 5.94. The van der Waals surface area contributed by atoms with Crippen LogP contribution in [-0.2, 0) is 4.74 Å². The summed E-state index contributed by atoms with van der Waals surface area (Å²) in [6.45, 7) is 0.614. The van der Waals surface area contributed by atoms with Gasteiger partial charge in [-0.15, -0.1) is 0 Å². The van der Waals surface area contributed by atoms with Crippen molar-refractivity contribution >= 4 is 22.6 Å². The fourth-order valence-electron chi connectivity index (χ4n) is 2.41. The van der Waals surface area contributed by atoms with Crippen LogP contribution in [0.1, 0.15) is 16.8 Å². The smallest absolute Gasteiger partial charge is 0.335 e. The molecule has 1 aromatic heterocycles. The molecular formula is C15H15FN2O3. The summed E-state index contributed by atoms with van der Waals surface area (Å²) in [5.41, 5.74) is 0.217. The zero-order chi connectivity index (χ0) is 14.8. The highest BCUT2D eigenvalue weighted by Gasteiger charge is 2.25. The van der Waals surface area contributed by atoms with E-state index in [1.54, 1.807) is 24.4 Å². The predicted octanol–water partition coefficient (Wildman–Crippen LogP) is 2.47. The van der Waals surface area contributed by atoms with Gasteiger partial charge in [-0.2, -0.15) is 0 Å². The molecule has 0 bridgehead atoms. The molecule has 21 heavy (non-hydrogen) atoms. The van der Waals surface area contributed by atoms with Crippen molar-refractivity contribution in [1.29, 1.82) is 0 Å². The molecule has 6 heteroatoms. The van der Waals surface area contributed by atoms with Crippen LogP contribution < -0.4 is 5.32 Å². The van der Waals surface area contributed by atoms with Crippen molar-refractivity contribution in [3.8, 4) is 0 Å². The third-order valence-corrected chi connectivity index (χ3v) is 3.59. The number of nitrogens with zero attached hydrogens (tertiary/aromatic N) is 1. The molecule has 1 fully saturated rings. The zero-order valence-corrected chi connectivity index (χ0v) is 11.3. The Morgan fingerprint density at radius 1 is 1.38 bits per heavy atom. The van der Waals surface area contributed by atoms with Crippen molar-refractivity contribution in [1.82, 2.24) is 4.98 Å². The first-order valence-electron chi connectivity index (χ1n) is 6.75. The maximum absolute atomic E-state index is 13.7. The van der Waals surface area contributed by atoms with Crippen LogP contribution in [0.15, 0.2) is 30.5 Å². The largest absolute Gasteiger partial charge is 0.478 e. The number of aromatic carboxylic acids is 1. The van der Waals surface area contributed by atoms with Crippen LogP contribution >= 0.6 is 0 Å². The predicted molar refractivity (Wildman–Crippen MR) is 76.4 cm³/mol. The van der Waals surface area contributed by atoms with E-state index in [2.05, 4.69) is 10.3 Å². The SMILES string of the molecule is O=C(O)c1ccc2cnc(N[C@H]3CCOC[C@H]3F)cc2c1. The number of pyridine rings is 1. The monoisotopic (exact) mass is 290 g/mol. The summed E-state index contributed by atoms with van der Waals surface area (Å²) < 4.78 is 18.8. The molecular weight excluding hydrogens is 275 g/mol. The maximum atomic E-state index is 13.7. The lowest BCUT2D eigenvalue weighted by atomic mass is 10.1. The Bertz CT molecular complexity index is 677. The van der Waals surface area contributed by atoms with Gasteiger partial charge in [-0.25, -0.2) is 14.2 Å². The van der Waals surface area contributed by atoms with Gasteiger partial charge in [0.1, 0.15) is 12.0 Å². The first-order chi connectivity index (χ1) is 10.1. The van der Waals surface area contributed by atoms with E-state index in [4.69, 9.17) is 9.84 Å². The highest BCUT2D eigenvalue weighted by Crippen LogP contribution is 2.21. The van der Waals surface area contributed by atoms with Gasteiger partial charge in [0.2, 0.25) is 0 Å². The number of carboxylic acids is 1. The van der Waals surface area contributed by atoms with E-state index in [1.165, 1.54) is 6.07 Å². The molecule has 2 atom stereocenters. The summed E-state index contributed by atoms with van der Waals surface area (Å²) in [5, 5.41) is 13.7. The molecule has 0 radical (unpaired) electrons. The Morgan fingerprint density at radius 2 is 2.24 bits per heavy atom. The Hall–Kier alpha value is -2.21. The van der Waals surface area contributed by atoms with Crippen LogP contribution in [0.5, 0.6) is 0 Å². The molecule has 2 N–H and O–H groups in total. The molecule has 1 aliphatic rings. The first-order valence-corrected chi connectivity index (χ1v) is 6.75. The summed E-state index contributed by atoms with van der Waals surface area (Å²) in [7, 11) is 0. The summed E-state index contributed by atoms with van der Waals surface area (Å²) >= 11 is 0. The summed E-state index contributed by atoms with van der Waals surface area (Å²) in [5.74, 6) is -0.434. The number of fused-ring (bicyclic) bond motifs is 1. The van der Waals surface area contributed by atoms with Gasteiger partial charge in [0.15, 0.2) is 0 Å². The number of halogens is 1. The van der Waals surface area contributed by atoms with E-state index in [9.17, 15) is 9.18 Å². The normalized spacial score (nSPS) is 22.1. The van der Waals surface area contributed by atoms with Crippen LogP contribution in [0.3, 0.4) is 0 Å². The maximum Gasteiger partial charge on any atom is 0.335 e. The van der Waals surface area contributed by atoms with Gasteiger partial charge in [-0.1, -0.05) is 6.07 Å². The van der Waals surface area contributed by atoms with Crippen molar-refractivity contribution < 1.29 is 19.0 Å². The Labute approximate surface area is 120 Å². The van der Waals surface area contributed by atoms with Crippen LogP contribution in [0.25, 0.3) is 10.8 Å². The van der Waals surface area contributed by atoms with Crippen LogP contribution in [-0.4, -0.2) is 41.5 Å². The van der Waals surface area contributed by atoms with Crippen molar-refractivity contribution in [3.63, 3.8) is 0 Å². The number of anilines is 1. The van der Waals surface area contributed by atoms with Crippen molar-refractivity contribution in [2.24, 2.45) is 0 Å². The van der Waals surface area contributed by atoms with Crippen molar-refractivity contribution in [2.75, 3.05) is 18.5 Å². The van der Waals surface area contributed by atoms with Gasteiger partial charge < -0.3 is 15.2 Å². The lowest BCUT2D eigenvalue weighted by Gasteiger charge is -2.27.